The Hall–Kier alpha value is -2.43. The summed E-state index contributed by atoms with van der Waals surface area (Å²) in [6.07, 6.45) is 0. The molecule has 7 heteroatoms. The summed E-state index contributed by atoms with van der Waals surface area (Å²) in [5, 5.41) is 10.8. The fourth-order valence-electron chi connectivity index (χ4n) is 1.56. The topological polar surface area (TPSA) is 78.4 Å². The van der Waals surface area contributed by atoms with E-state index in [1.54, 1.807) is 0 Å². The molecule has 5 nitrogen and oxygen atoms in total. The molecule has 1 aromatic carbocycles. The van der Waals surface area contributed by atoms with Crippen molar-refractivity contribution in [3.63, 3.8) is 0 Å². The number of nitrogens with zero attached hydrogens (tertiary/aromatic N) is 1. The van der Waals surface area contributed by atoms with E-state index in [4.69, 9.17) is 10.5 Å². The largest absolute Gasteiger partial charge is 0.481 e. The van der Waals surface area contributed by atoms with Gasteiger partial charge in [-0.05, 0) is 24.3 Å². The van der Waals surface area contributed by atoms with Gasteiger partial charge in [0, 0.05) is 4.88 Å². The second kappa shape index (κ2) is 6.83. The number of hydrogen-bond donors (Lipinski definition) is 1. The zero-order valence-electron chi connectivity index (χ0n) is 10.8. The summed E-state index contributed by atoms with van der Waals surface area (Å²) < 4.78 is 18.4. The van der Waals surface area contributed by atoms with Gasteiger partial charge in [-0.15, -0.1) is 11.3 Å². The lowest BCUT2D eigenvalue weighted by Crippen LogP contribution is -1.98. The molecular formula is C14H11FN2O3S. The van der Waals surface area contributed by atoms with Crippen LogP contribution in [-0.4, -0.2) is 11.5 Å². The van der Waals surface area contributed by atoms with Gasteiger partial charge in [0.1, 0.15) is 12.4 Å². The van der Waals surface area contributed by atoms with Gasteiger partial charge in [-0.2, -0.15) is 0 Å². The van der Waals surface area contributed by atoms with Crippen LogP contribution in [-0.2, 0) is 6.61 Å². The highest BCUT2D eigenvalue weighted by molar-refractivity contribution is 7.12. The van der Waals surface area contributed by atoms with Crippen molar-refractivity contribution in [1.29, 1.82) is 0 Å². The van der Waals surface area contributed by atoms with E-state index in [1.165, 1.54) is 17.4 Å². The van der Waals surface area contributed by atoms with Gasteiger partial charge in [0.05, 0.1) is 22.4 Å². The van der Waals surface area contributed by atoms with Crippen LogP contribution in [0.3, 0.4) is 0 Å². The van der Waals surface area contributed by atoms with Crippen LogP contribution in [0.5, 0.6) is 5.75 Å². The first-order valence-corrected chi connectivity index (χ1v) is 6.76. The second-order valence-corrected chi connectivity index (χ2v) is 5.10. The van der Waals surface area contributed by atoms with Crippen molar-refractivity contribution in [1.82, 2.24) is 0 Å². The van der Waals surface area contributed by atoms with Crippen molar-refractivity contribution in [2.45, 2.75) is 6.61 Å². The molecule has 0 saturated heterocycles. The molecule has 0 saturated carbocycles. The number of thiophene rings is 1. The highest BCUT2D eigenvalue weighted by atomic mass is 32.1. The van der Waals surface area contributed by atoms with E-state index in [1.807, 2.05) is 12.1 Å². The summed E-state index contributed by atoms with van der Waals surface area (Å²) in [6.45, 7) is 0.437. The third-order valence-corrected chi connectivity index (χ3v) is 3.44. The molecule has 0 fully saturated rings. The zero-order chi connectivity index (χ0) is 15.2. The van der Waals surface area contributed by atoms with Crippen molar-refractivity contribution >= 4 is 17.0 Å². The Morgan fingerprint density at radius 1 is 1.38 bits per heavy atom. The van der Waals surface area contributed by atoms with Crippen LogP contribution in [0.1, 0.15) is 9.75 Å². The van der Waals surface area contributed by atoms with Gasteiger partial charge in [0.15, 0.2) is 5.75 Å². The Kier molecular flexibility index (Phi) is 4.87. The number of nitro groups is 1. The van der Waals surface area contributed by atoms with Crippen LogP contribution in [0.4, 0.5) is 10.1 Å². The first kappa shape index (κ1) is 15.0. The predicted molar refractivity (Wildman–Crippen MR) is 77.6 cm³/mol. The molecule has 0 amide bonds. The molecule has 0 spiro atoms. The molecule has 108 valence electrons. The number of hydrogen-bond acceptors (Lipinski definition) is 5. The first-order chi connectivity index (χ1) is 10.1. The van der Waals surface area contributed by atoms with Crippen molar-refractivity contribution in [3.8, 4) is 17.6 Å². The zero-order valence-corrected chi connectivity index (χ0v) is 11.7. The Bertz CT molecular complexity index is 718. The van der Waals surface area contributed by atoms with E-state index in [9.17, 15) is 14.5 Å². The van der Waals surface area contributed by atoms with Crippen LogP contribution in [0.15, 0.2) is 30.3 Å². The maximum atomic E-state index is 13.0. The summed E-state index contributed by atoms with van der Waals surface area (Å²) in [6, 6.07) is 6.85. The Balaban J connectivity index is 2.09. The SMILES string of the molecule is NCC#Cc1ccc(COc2ccc(F)cc2[N+](=O)[O-])s1. The summed E-state index contributed by atoms with van der Waals surface area (Å²) >= 11 is 1.41. The highest BCUT2D eigenvalue weighted by Gasteiger charge is 2.16. The number of halogens is 1. The van der Waals surface area contributed by atoms with Gasteiger partial charge < -0.3 is 10.5 Å². The smallest absolute Gasteiger partial charge is 0.313 e. The van der Waals surface area contributed by atoms with Crippen LogP contribution < -0.4 is 10.5 Å². The van der Waals surface area contributed by atoms with Gasteiger partial charge in [-0.25, -0.2) is 4.39 Å². The van der Waals surface area contributed by atoms with Crippen molar-refractivity contribution in [3.05, 3.63) is 56.0 Å². The second-order valence-electron chi connectivity index (χ2n) is 3.93. The Labute approximate surface area is 124 Å². The molecule has 0 unspecified atom stereocenters. The molecule has 2 N–H and O–H groups in total. The predicted octanol–water partition coefficient (Wildman–Crippen LogP) is 2.68. The fourth-order valence-corrected chi connectivity index (χ4v) is 2.36. The van der Waals surface area contributed by atoms with E-state index in [0.717, 1.165) is 21.9 Å². The van der Waals surface area contributed by atoms with Gasteiger partial charge in [-0.1, -0.05) is 11.8 Å². The molecule has 1 aromatic heterocycles. The normalized spacial score (nSPS) is 9.81. The lowest BCUT2D eigenvalue weighted by Gasteiger charge is -2.05. The highest BCUT2D eigenvalue weighted by Crippen LogP contribution is 2.28. The monoisotopic (exact) mass is 306 g/mol. The molecule has 0 aliphatic heterocycles. The molecular weight excluding hydrogens is 295 g/mol. The molecule has 0 radical (unpaired) electrons. The van der Waals surface area contributed by atoms with Gasteiger partial charge in [0.2, 0.25) is 0 Å². The van der Waals surface area contributed by atoms with Gasteiger partial charge in [-0.3, -0.25) is 10.1 Å². The molecule has 0 atom stereocenters. The maximum Gasteiger partial charge on any atom is 0.313 e. The van der Waals surface area contributed by atoms with E-state index in [-0.39, 0.29) is 18.9 Å². The van der Waals surface area contributed by atoms with E-state index >= 15 is 0 Å². The number of nitro benzene ring substituents is 1. The van der Waals surface area contributed by atoms with E-state index < -0.39 is 16.4 Å². The molecule has 2 aromatic rings. The van der Waals surface area contributed by atoms with Crippen LogP contribution in [0.2, 0.25) is 0 Å². The summed E-state index contributed by atoms with van der Waals surface area (Å²) in [7, 11) is 0. The summed E-state index contributed by atoms with van der Waals surface area (Å²) in [5.41, 5.74) is 4.89. The quantitative estimate of drug-likeness (QED) is 0.535. The molecule has 0 aliphatic carbocycles. The minimum absolute atomic E-state index is 0.0318. The van der Waals surface area contributed by atoms with Crippen molar-refractivity contribution < 1.29 is 14.1 Å². The van der Waals surface area contributed by atoms with Crippen LogP contribution >= 0.6 is 11.3 Å². The maximum absolute atomic E-state index is 13.0. The molecule has 21 heavy (non-hydrogen) atoms. The number of nitrogens with two attached hydrogens (primary N) is 1. The minimum atomic E-state index is -0.676. The standard InChI is InChI=1S/C14H11FN2O3S/c15-10-3-6-14(13(8-10)17(18)19)20-9-12-5-4-11(21-12)2-1-7-16/h3-6,8H,7,9,16H2. The van der Waals surface area contributed by atoms with Crippen LogP contribution in [0.25, 0.3) is 0 Å². The number of benzene rings is 1. The summed E-state index contributed by atoms with van der Waals surface area (Å²) in [5.74, 6) is 4.98. The van der Waals surface area contributed by atoms with Gasteiger partial charge in [0.25, 0.3) is 0 Å². The Morgan fingerprint density at radius 2 is 2.19 bits per heavy atom. The van der Waals surface area contributed by atoms with Gasteiger partial charge >= 0.3 is 5.69 Å². The first-order valence-electron chi connectivity index (χ1n) is 5.94. The average Bonchev–Trinajstić information content (AvgIpc) is 2.91. The third kappa shape index (κ3) is 4.02. The molecule has 0 bridgehead atoms. The third-order valence-electron chi connectivity index (χ3n) is 2.46. The number of rotatable bonds is 4. The lowest BCUT2D eigenvalue weighted by molar-refractivity contribution is -0.386. The average molecular weight is 306 g/mol. The van der Waals surface area contributed by atoms with E-state index in [2.05, 4.69) is 11.8 Å². The fraction of sp³-hybridized carbons (Fsp3) is 0.143. The minimum Gasteiger partial charge on any atom is -0.481 e. The molecule has 2 rings (SSSR count). The summed E-state index contributed by atoms with van der Waals surface area (Å²) in [4.78, 5) is 11.9. The number of ether oxygens (including phenoxy) is 1. The molecule has 0 aliphatic rings. The van der Waals surface area contributed by atoms with E-state index in [0.29, 0.717) is 0 Å². The van der Waals surface area contributed by atoms with Crippen LogP contribution in [0, 0.1) is 27.8 Å². The molecule has 1 heterocycles. The van der Waals surface area contributed by atoms with Crippen molar-refractivity contribution in [2.75, 3.05) is 6.54 Å². The Morgan fingerprint density at radius 3 is 2.90 bits per heavy atom. The lowest BCUT2D eigenvalue weighted by atomic mass is 10.3. The van der Waals surface area contributed by atoms with Crippen molar-refractivity contribution in [2.24, 2.45) is 5.73 Å².